The van der Waals surface area contributed by atoms with Crippen LogP contribution in [-0.4, -0.2) is 39.0 Å². The smallest absolute Gasteiger partial charge is 0.147 e. The number of ether oxygens (including phenoxy) is 5. The summed E-state index contributed by atoms with van der Waals surface area (Å²) in [5.74, 6) is 0.464. The molecule has 4 atom stereocenters. The Morgan fingerprint density at radius 2 is 1.29 bits per heavy atom. The van der Waals surface area contributed by atoms with Crippen LogP contribution in [-0.2, 0) is 43.6 Å². The quantitative estimate of drug-likeness (QED) is 0.113. The number of carbonyl (C=O) groups is 1. The summed E-state index contributed by atoms with van der Waals surface area (Å²) in [5, 5.41) is 0. The van der Waals surface area contributed by atoms with Crippen molar-refractivity contribution < 1.29 is 28.5 Å². The van der Waals surface area contributed by atoms with Crippen molar-refractivity contribution in [3.63, 3.8) is 0 Å². The summed E-state index contributed by atoms with van der Waals surface area (Å²) in [6.45, 7) is 6.00. The van der Waals surface area contributed by atoms with Crippen molar-refractivity contribution >= 4 is 6.29 Å². The van der Waals surface area contributed by atoms with E-state index in [1.807, 2.05) is 91.9 Å². The Balaban J connectivity index is 1.59. The number of carbonyl (C=O) groups excluding carboxylic acids is 1. The molecule has 0 unspecified atom stereocenters. The van der Waals surface area contributed by atoms with Gasteiger partial charge < -0.3 is 28.5 Å². The van der Waals surface area contributed by atoms with E-state index in [9.17, 15) is 4.79 Å². The van der Waals surface area contributed by atoms with Gasteiger partial charge in [0.05, 0.1) is 39.1 Å². The standard InChI is InChI=1S/C32H40O6/c1-25(20-33)32(37-23-28-12-8-5-9-13-28)26(2)31(38-24-36-22-27-10-6-4-7-11-27)18-19-35-21-29-14-16-30(34-3)17-15-29/h4-17,20,25-26,31-32H,18-19,21-24H2,1-3H3/t25-,26-,31+,32+/m1/s1. The first-order chi connectivity index (χ1) is 18.6. The lowest BCUT2D eigenvalue weighted by Gasteiger charge is -2.33. The van der Waals surface area contributed by atoms with Gasteiger partial charge in [-0.05, 0) is 35.2 Å². The molecule has 0 spiro atoms. The summed E-state index contributed by atoms with van der Waals surface area (Å²) in [4.78, 5) is 11.8. The maximum absolute atomic E-state index is 11.8. The van der Waals surface area contributed by atoms with Gasteiger partial charge in [0.25, 0.3) is 0 Å². The van der Waals surface area contributed by atoms with Crippen molar-refractivity contribution in [2.45, 2.75) is 52.3 Å². The zero-order valence-corrected chi connectivity index (χ0v) is 22.7. The van der Waals surface area contributed by atoms with Crippen LogP contribution in [0.2, 0.25) is 0 Å². The lowest BCUT2D eigenvalue weighted by molar-refractivity contribution is -0.148. The van der Waals surface area contributed by atoms with Gasteiger partial charge in [-0.2, -0.15) is 0 Å². The van der Waals surface area contributed by atoms with Crippen LogP contribution in [0, 0.1) is 11.8 Å². The van der Waals surface area contributed by atoms with Gasteiger partial charge in [0.2, 0.25) is 0 Å². The fourth-order valence-electron chi connectivity index (χ4n) is 4.32. The second-order valence-electron chi connectivity index (χ2n) is 9.46. The van der Waals surface area contributed by atoms with Gasteiger partial charge in [-0.3, -0.25) is 0 Å². The van der Waals surface area contributed by atoms with E-state index in [0.29, 0.717) is 32.8 Å². The van der Waals surface area contributed by atoms with Gasteiger partial charge in [0.15, 0.2) is 0 Å². The SMILES string of the molecule is COc1ccc(COCC[C@H](OCOCc2ccccc2)[C@@H](C)[C@@H](OCc2ccccc2)[C@H](C)C=O)cc1. The Labute approximate surface area is 226 Å². The third-order valence-corrected chi connectivity index (χ3v) is 6.57. The Hall–Kier alpha value is -3.03. The highest BCUT2D eigenvalue weighted by Gasteiger charge is 2.31. The zero-order valence-electron chi connectivity index (χ0n) is 22.7. The van der Waals surface area contributed by atoms with Crippen LogP contribution >= 0.6 is 0 Å². The van der Waals surface area contributed by atoms with Gasteiger partial charge >= 0.3 is 0 Å². The van der Waals surface area contributed by atoms with Crippen LogP contribution < -0.4 is 4.74 Å². The second kappa shape index (κ2) is 16.7. The Morgan fingerprint density at radius 3 is 1.89 bits per heavy atom. The number of rotatable bonds is 18. The number of aldehydes is 1. The molecule has 0 N–H and O–H groups in total. The van der Waals surface area contributed by atoms with E-state index < -0.39 is 0 Å². The molecule has 0 bridgehead atoms. The summed E-state index contributed by atoms with van der Waals surface area (Å²) in [7, 11) is 1.65. The normalized spacial score (nSPS) is 14.4. The summed E-state index contributed by atoms with van der Waals surface area (Å²) in [6.07, 6.45) is 1.07. The number of hydrogen-bond acceptors (Lipinski definition) is 6. The number of benzene rings is 3. The van der Waals surface area contributed by atoms with Crippen LogP contribution in [0.4, 0.5) is 0 Å². The van der Waals surface area contributed by atoms with Crippen molar-refractivity contribution in [3.8, 4) is 5.75 Å². The molecule has 6 heteroatoms. The van der Waals surface area contributed by atoms with Crippen LogP contribution in [0.15, 0.2) is 84.9 Å². The van der Waals surface area contributed by atoms with Crippen molar-refractivity contribution in [3.05, 3.63) is 102 Å². The third kappa shape index (κ3) is 10.0. The molecule has 6 nitrogen and oxygen atoms in total. The van der Waals surface area contributed by atoms with Gasteiger partial charge in [-0.1, -0.05) is 86.6 Å². The van der Waals surface area contributed by atoms with E-state index in [0.717, 1.165) is 28.7 Å². The molecule has 0 aliphatic rings. The average Bonchev–Trinajstić information content (AvgIpc) is 2.97. The maximum Gasteiger partial charge on any atom is 0.147 e. The molecule has 0 amide bonds. The molecule has 0 saturated heterocycles. The van der Waals surface area contributed by atoms with Crippen molar-refractivity contribution in [2.75, 3.05) is 20.5 Å². The van der Waals surface area contributed by atoms with E-state index in [1.54, 1.807) is 7.11 Å². The molecule has 204 valence electrons. The first-order valence-electron chi connectivity index (χ1n) is 13.2. The highest BCUT2D eigenvalue weighted by atomic mass is 16.7. The largest absolute Gasteiger partial charge is 0.497 e. The molecule has 3 aromatic carbocycles. The van der Waals surface area contributed by atoms with E-state index >= 15 is 0 Å². The predicted molar refractivity (Wildman–Crippen MR) is 148 cm³/mol. The fourth-order valence-corrected chi connectivity index (χ4v) is 4.32. The lowest BCUT2D eigenvalue weighted by atomic mass is 9.88. The minimum atomic E-state index is -0.312. The third-order valence-electron chi connectivity index (χ3n) is 6.57. The summed E-state index contributed by atoms with van der Waals surface area (Å²) < 4.78 is 29.5. The van der Waals surface area contributed by atoms with Crippen LogP contribution in [0.5, 0.6) is 5.75 Å². The molecular weight excluding hydrogens is 480 g/mol. The molecule has 0 radical (unpaired) electrons. The summed E-state index contributed by atoms with van der Waals surface area (Å²) in [6, 6.07) is 27.8. The number of methoxy groups -OCH3 is 1. The van der Waals surface area contributed by atoms with Gasteiger partial charge in [-0.15, -0.1) is 0 Å². The molecule has 0 fully saturated rings. The first kappa shape index (κ1) is 29.5. The Kier molecular flexibility index (Phi) is 13.0. The van der Waals surface area contributed by atoms with Crippen LogP contribution in [0.1, 0.15) is 37.0 Å². The highest BCUT2D eigenvalue weighted by Crippen LogP contribution is 2.25. The van der Waals surface area contributed by atoms with Crippen LogP contribution in [0.25, 0.3) is 0 Å². The second-order valence-corrected chi connectivity index (χ2v) is 9.46. The Bertz CT molecular complexity index is 1020. The first-order valence-corrected chi connectivity index (χ1v) is 13.2. The molecule has 38 heavy (non-hydrogen) atoms. The molecule has 0 aliphatic heterocycles. The minimum Gasteiger partial charge on any atom is -0.497 e. The monoisotopic (exact) mass is 520 g/mol. The van der Waals surface area contributed by atoms with Crippen molar-refractivity contribution in [1.82, 2.24) is 0 Å². The molecule has 3 rings (SSSR count). The van der Waals surface area contributed by atoms with E-state index in [-0.39, 0.29) is 30.8 Å². The van der Waals surface area contributed by atoms with E-state index in [2.05, 4.69) is 6.92 Å². The van der Waals surface area contributed by atoms with Gasteiger partial charge in [0.1, 0.15) is 18.8 Å². The highest BCUT2D eigenvalue weighted by molar-refractivity contribution is 5.53. The van der Waals surface area contributed by atoms with Crippen molar-refractivity contribution in [1.29, 1.82) is 0 Å². The van der Waals surface area contributed by atoms with Gasteiger partial charge in [0, 0.05) is 18.4 Å². The lowest BCUT2D eigenvalue weighted by Crippen LogP contribution is -2.39. The molecule has 0 saturated carbocycles. The zero-order chi connectivity index (χ0) is 27.0. The van der Waals surface area contributed by atoms with Crippen LogP contribution in [0.3, 0.4) is 0 Å². The fraction of sp³-hybridized carbons (Fsp3) is 0.406. The minimum absolute atomic E-state index is 0.0659. The summed E-state index contributed by atoms with van der Waals surface area (Å²) in [5.41, 5.74) is 3.22. The average molecular weight is 521 g/mol. The maximum atomic E-state index is 11.8. The molecule has 0 aliphatic carbocycles. The predicted octanol–water partition coefficient (Wildman–Crippen LogP) is 6.22. The molecule has 0 heterocycles. The molecular formula is C32H40O6. The molecule has 3 aromatic rings. The van der Waals surface area contributed by atoms with E-state index in [1.165, 1.54) is 0 Å². The van der Waals surface area contributed by atoms with E-state index in [4.69, 9.17) is 23.7 Å². The topological polar surface area (TPSA) is 63.2 Å². The van der Waals surface area contributed by atoms with Crippen molar-refractivity contribution in [2.24, 2.45) is 11.8 Å². The Morgan fingerprint density at radius 1 is 0.711 bits per heavy atom. The number of hydrogen-bond donors (Lipinski definition) is 0. The summed E-state index contributed by atoms with van der Waals surface area (Å²) >= 11 is 0. The van der Waals surface area contributed by atoms with Gasteiger partial charge in [-0.25, -0.2) is 0 Å². The molecule has 0 aromatic heterocycles.